The third kappa shape index (κ3) is 3.21. The number of aryl methyl sites for hydroxylation is 2. The number of nitrogens with zero attached hydrogens (tertiary/aromatic N) is 4. The highest BCUT2D eigenvalue weighted by Crippen LogP contribution is 2.39. The molecule has 2 aliphatic rings. The summed E-state index contributed by atoms with van der Waals surface area (Å²) in [7, 11) is 0. The second-order valence-electron chi connectivity index (χ2n) is 8.52. The summed E-state index contributed by atoms with van der Waals surface area (Å²) in [5.74, 6) is 1.03. The fourth-order valence-electron chi connectivity index (χ4n) is 4.69. The Bertz CT molecular complexity index is 1080. The van der Waals surface area contributed by atoms with Crippen LogP contribution in [0, 0.1) is 13.8 Å². The highest BCUT2D eigenvalue weighted by molar-refractivity contribution is 5.94. The van der Waals surface area contributed by atoms with Crippen LogP contribution in [0.25, 0.3) is 11.3 Å². The lowest BCUT2D eigenvalue weighted by molar-refractivity contribution is -0.0275. The predicted octanol–water partition coefficient (Wildman–Crippen LogP) is 3.72. The molecule has 1 saturated heterocycles. The summed E-state index contributed by atoms with van der Waals surface area (Å²) < 4.78 is 8.34. The van der Waals surface area contributed by atoms with E-state index >= 15 is 0 Å². The Hall–Kier alpha value is -2.99. The van der Waals surface area contributed by atoms with Gasteiger partial charge in [0.2, 0.25) is 0 Å². The minimum absolute atomic E-state index is 0.0578. The SMILES string of the molecule is Cc1ccc(-c2cnc3n2C2(CCN(C(=O)c4cncc(C)c4)CC2)COC3)cc1. The maximum Gasteiger partial charge on any atom is 0.255 e. The number of aromatic nitrogens is 3. The van der Waals surface area contributed by atoms with Crippen LogP contribution in [0.3, 0.4) is 0 Å². The monoisotopic (exact) mass is 402 g/mol. The molecule has 0 radical (unpaired) electrons. The molecule has 1 aromatic carbocycles. The van der Waals surface area contributed by atoms with E-state index in [9.17, 15) is 4.79 Å². The van der Waals surface area contributed by atoms with E-state index in [2.05, 4.69) is 45.7 Å². The molecule has 1 fully saturated rings. The van der Waals surface area contributed by atoms with Crippen molar-refractivity contribution in [1.29, 1.82) is 0 Å². The summed E-state index contributed by atoms with van der Waals surface area (Å²) >= 11 is 0. The molecule has 2 aromatic heterocycles. The molecular weight excluding hydrogens is 376 g/mol. The Labute approximate surface area is 176 Å². The quantitative estimate of drug-likeness (QED) is 0.655. The number of fused-ring (bicyclic) bond motifs is 2. The van der Waals surface area contributed by atoms with Crippen molar-refractivity contribution < 1.29 is 9.53 Å². The molecule has 4 heterocycles. The molecule has 6 heteroatoms. The van der Waals surface area contributed by atoms with Crippen molar-refractivity contribution in [3.05, 3.63) is 71.4 Å². The smallest absolute Gasteiger partial charge is 0.255 e. The zero-order valence-electron chi connectivity index (χ0n) is 17.5. The molecular formula is C24H26N4O2. The van der Waals surface area contributed by atoms with Crippen molar-refractivity contribution in [1.82, 2.24) is 19.4 Å². The number of piperidine rings is 1. The van der Waals surface area contributed by atoms with Crippen LogP contribution in [-0.2, 0) is 16.9 Å². The molecule has 2 aliphatic heterocycles. The number of likely N-dealkylation sites (tertiary alicyclic amines) is 1. The number of ether oxygens (including phenoxy) is 1. The predicted molar refractivity (Wildman–Crippen MR) is 114 cm³/mol. The molecule has 5 rings (SSSR count). The molecule has 0 N–H and O–H groups in total. The van der Waals surface area contributed by atoms with Gasteiger partial charge in [-0.25, -0.2) is 4.98 Å². The van der Waals surface area contributed by atoms with Gasteiger partial charge in [-0.2, -0.15) is 0 Å². The molecule has 0 saturated carbocycles. The van der Waals surface area contributed by atoms with Gasteiger partial charge in [0.1, 0.15) is 12.4 Å². The van der Waals surface area contributed by atoms with E-state index < -0.39 is 0 Å². The molecule has 0 aliphatic carbocycles. The molecule has 1 amide bonds. The van der Waals surface area contributed by atoms with Gasteiger partial charge < -0.3 is 14.2 Å². The summed E-state index contributed by atoms with van der Waals surface area (Å²) in [6.07, 6.45) is 7.09. The Morgan fingerprint density at radius 2 is 1.80 bits per heavy atom. The van der Waals surface area contributed by atoms with E-state index in [0.717, 1.165) is 29.9 Å². The topological polar surface area (TPSA) is 60.2 Å². The van der Waals surface area contributed by atoms with Crippen LogP contribution in [0.4, 0.5) is 0 Å². The van der Waals surface area contributed by atoms with Gasteiger partial charge in [-0.05, 0) is 43.9 Å². The van der Waals surface area contributed by atoms with Gasteiger partial charge in [0.15, 0.2) is 0 Å². The van der Waals surface area contributed by atoms with Gasteiger partial charge in [0.25, 0.3) is 5.91 Å². The van der Waals surface area contributed by atoms with Crippen molar-refractivity contribution in [3.8, 4) is 11.3 Å². The Kier molecular flexibility index (Phi) is 4.66. The highest BCUT2D eigenvalue weighted by Gasteiger charge is 2.42. The van der Waals surface area contributed by atoms with Gasteiger partial charge in [-0.15, -0.1) is 0 Å². The average Bonchev–Trinajstić information content (AvgIpc) is 3.20. The molecule has 6 nitrogen and oxygen atoms in total. The highest BCUT2D eigenvalue weighted by atomic mass is 16.5. The number of pyridine rings is 1. The van der Waals surface area contributed by atoms with E-state index in [0.29, 0.717) is 31.9 Å². The Morgan fingerprint density at radius 3 is 2.53 bits per heavy atom. The average molecular weight is 402 g/mol. The summed E-state index contributed by atoms with van der Waals surface area (Å²) in [6, 6.07) is 10.5. The largest absolute Gasteiger partial charge is 0.371 e. The number of imidazole rings is 1. The molecule has 0 atom stereocenters. The number of hydrogen-bond acceptors (Lipinski definition) is 4. The molecule has 154 valence electrons. The van der Waals surface area contributed by atoms with E-state index in [1.54, 1.807) is 12.4 Å². The second-order valence-corrected chi connectivity index (χ2v) is 8.52. The van der Waals surface area contributed by atoms with Gasteiger partial charge in [0, 0.05) is 25.5 Å². The van der Waals surface area contributed by atoms with Gasteiger partial charge in [-0.1, -0.05) is 29.8 Å². The van der Waals surface area contributed by atoms with Crippen molar-refractivity contribution in [3.63, 3.8) is 0 Å². The first-order valence-electron chi connectivity index (χ1n) is 10.5. The number of carbonyl (C=O) groups excluding carboxylic acids is 1. The third-order valence-corrected chi connectivity index (χ3v) is 6.36. The van der Waals surface area contributed by atoms with Crippen LogP contribution in [0.1, 0.15) is 40.2 Å². The molecule has 1 spiro atoms. The first-order valence-corrected chi connectivity index (χ1v) is 10.5. The first-order chi connectivity index (χ1) is 14.6. The number of benzene rings is 1. The lowest BCUT2D eigenvalue weighted by Crippen LogP contribution is -2.52. The molecule has 0 bridgehead atoms. The minimum atomic E-state index is -0.161. The maximum atomic E-state index is 13.0. The van der Waals surface area contributed by atoms with Crippen LogP contribution < -0.4 is 0 Å². The van der Waals surface area contributed by atoms with E-state index in [1.807, 2.05) is 24.1 Å². The first kappa shape index (κ1) is 19.0. The summed E-state index contributed by atoms with van der Waals surface area (Å²) in [4.78, 5) is 23.8. The molecule has 30 heavy (non-hydrogen) atoms. The minimum Gasteiger partial charge on any atom is -0.371 e. The summed E-state index contributed by atoms with van der Waals surface area (Å²) in [5.41, 5.74) is 5.05. The second kappa shape index (κ2) is 7.36. The fourth-order valence-corrected chi connectivity index (χ4v) is 4.69. The number of amides is 1. The molecule has 3 aromatic rings. The van der Waals surface area contributed by atoms with Gasteiger partial charge in [-0.3, -0.25) is 9.78 Å². The van der Waals surface area contributed by atoms with Crippen LogP contribution >= 0.6 is 0 Å². The van der Waals surface area contributed by atoms with E-state index in [1.165, 1.54) is 11.1 Å². The lowest BCUT2D eigenvalue weighted by atomic mass is 9.86. The van der Waals surface area contributed by atoms with E-state index in [-0.39, 0.29) is 11.4 Å². The van der Waals surface area contributed by atoms with Crippen molar-refractivity contribution in [2.24, 2.45) is 0 Å². The molecule has 0 unspecified atom stereocenters. The Morgan fingerprint density at radius 1 is 1.03 bits per heavy atom. The zero-order chi connectivity index (χ0) is 20.7. The number of carbonyl (C=O) groups is 1. The van der Waals surface area contributed by atoms with Crippen molar-refractivity contribution in [2.45, 2.75) is 38.8 Å². The van der Waals surface area contributed by atoms with Crippen LogP contribution in [0.15, 0.2) is 48.9 Å². The Balaban J connectivity index is 1.42. The maximum absolute atomic E-state index is 13.0. The van der Waals surface area contributed by atoms with Gasteiger partial charge in [0.05, 0.1) is 29.6 Å². The summed E-state index contributed by atoms with van der Waals surface area (Å²) in [6.45, 7) is 6.64. The summed E-state index contributed by atoms with van der Waals surface area (Å²) in [5, 5.41) is 0. The van der Waals surface area contributed by atoms with Crippen molar-refractivity contribution in [2.75, 3.05) is 19.7 Å². The number of rotatable bonds is 2. The van der Waals surface area contributed by atoms with Gasteiger partial charge >= 0.3 is 0 Å². The van der Waals surface area contributed by atoms with Crippen LogP contribution in [-0.4, -0.2) is 45.0 Å². The third-order valence-electron chi connectivity index (χ3n) is 6.36. The van der Waals surface area contributed by atoms with Crippen molar-refractivity contribution >= 4 is 5.91 Å². The fraction of sp³-hybridized carbons (Fsp3) is 0.375. The zero-order valence-corrected chi connectivity index (χ0v) is 17.5. The standard InChI is InChI=1S/C24H26N4O2/c1-17-3-5-19(6-4-17)21-14-26-22-15-30-16-24(28(21)22)7-9-27(10-8-24)23(29)20-11-18(2)12-25-13-20/h3-6,11-14H,7-10,15-16H2,1-2H3. The normalized spacial score (nSPS) is 17.7. The van der Waals surface area contributed by atoms with E-state index in [4.69, 9.17) is 4.74 Å². The van der Waals surface area contributed by atoms with Crippen LogP contribution in [0.5, 0.6) is 0 Å². The van der Waals surface area contributed by atoms with Crippen LogP contribution in [0.2, 0.25) is 0 Å². The number of hydrogen-bond donors (Lipinski definition) is 0. The lowest BCUT2D eigenvalue weighted by Gasteiger charge is -2.46.